The number of methoxy groups -OCH3 is 1. The molecule has 2 rings (SSSR count). The van der Waals surface area contributed by atoms with Crippen molar-refractivity contribution in [2.75, 3.05) is 18.2 Å². The summed E-state index contributed by atoms with van der Waals surface area (Å²) in [6.07, 6.45) is 0. The van der Waals surface area contributed by atoms with Gasteiger partial charge < -0.3 is 15.8 Å². The molecule has 1 aromatic carbocycles. The molecule has 0 radical (unpaired) electrons. The van der Waals surface area contributed by atoms with Gasteiger partial charge in [-0.2, -0.15) is 4.98 Å². The molecule has 5 nitrogen and oxygen atoms in total. The fourth-order valence-corrected chi connectivity index (χ4v) is 1.69. The Morgan fingerprint density at radius 3 is 2.61 bits per heavy atom. The third kappa shape index (κ3) is 3.32. The van der Waals surface area contributed by atoms with Crippen LogP contribution in [0.3, 0.4) is 0 Å². The number of halogens is 1. The van der Waals surface area contributed by atoms with Crippen LogP contribution in [0.2, 0.25) is 5.15 Å². The number of ether oxygens (including phenoxy) is 1. The summed E-state index contributed by atoms with van der Waals surface area (Å²) < 4.78 is 5.04. The molecule has 0 saturated carbocycles. The van der Waals surface area contributed by atoms with Crippen LogP contribution in [-0.2, 0) is 11.3 Å². The van der Waals surface area contributed by atoms with Gasteiger partial charge in [-0.15, -0.1) is 0 Å². The highest BCUT2D eigenvalue weighted by Gasteiger charge is 2.01. The third-order valence-corrected chi connectivity index (χ3v) is 2.44. The Morgan fingerprint density at radius 1 is 1.28 bits per heavy atom. The topological polar surface area (TPSA) is 73.1 Å². The first kappa shape index (κ1) is 12.6. The van der Waals surface area contributed by atoms with E-state index < -0.39 is 0 Å². The van der Waals surface area contributed by atoms with Gasteiger partial charge in [0.1, 0.15) is 11.0 Å². The molecule has 3 N–H and O–H groups in total. The molecule has 0 aliphatic carbocycles. The molecule has 2 aromatic rings. The maximum atomic E-state index is 5.80. The highest BCUT2D eigenvalue weighted by molar-refractivity contribution is 6.29. The molecule has 94 valence electrons. The average molecular weight is 265 g/mol. The van der Waals surface area contributed by atoms with Crippen LogP contribution >= 0.6 is 11.6 Å². The standard InChI is InChI=1S/C12H13ClN4O/c1-18-7-8-2-4-9(5-3-8)15-11-6-10(13)16-12(14)17-11/h2-6H,7H2,1H3,(H3,14,15,16,17). The Hall–Kier alpha value is -1.85. The maximum absolute atomic E-state index is 5.80. The predicted molar refractivity (Wildman–Crippen MR) is 71.9 cm³/mol. The van der Waals surface area contributed by atoms with Crippen LogP contribution in [0.5, 0.6) is 0 Å². The lowest BCUT2D eigenvalue weighted by molar-refractivity contribution is 0.185. The van der Waals surface area contributed by atoms with Crippen molar-refractivity contribution in [2.45, 2.75) is 6.61 Å². The minimum Gasteiger partial charge on any atom is -0.380 e. The van der Waals surface area contributed by atoms with Crippen molar-refractivity contribution in [3.63, 3.8) is 0 Å². The zero-order valence-electron chi connectivity index (χ0n) is 9.85. The van der Waals surface area contributed by atoms with E-state index in [9.17, 15) is 0 Å². The van der Waals surface area contributed by atoms with Gasteiger partial charge in [0.05, 0.1) is 6.61 Å². The average Bonchev–Trinajstić information content (AvgIpc) is 2.31. The van der Waals surface area contributed by atoms with E-state index in [1.807, 2.05) is 24.3 Å². The number of hydrogen-bond donors (Lipinski definition) is 2. The second-order valence-electron chi connectivity index (χ2n) is 3.69. The van der Waals surface area contributed by atoms with Gasteiger partial charge in [0, 0.05) is 18.9 Å². The van der Waals surface area contributed by atoms with E-state index in [2.05, 4.69) is 15.3 Å². The zero-order chi connectivity index (χ0) is 13.0. The summed E-state index contributed by atoms with van der Waals surface area (Å²) in [7, 11) is 1.66. The van der Waals surface area contributed by atoms with Gasteiger partial charge in [0.2, 0.25) is 5.95 Å². The fourth-order valence-electron chi connectivity index (χ4n) is 1.50. The van der Waals surface area contributed by atoms with E-state index in [0.717, 1.165) is 11.3 Å². The normalized spacial score (nSPS) is 10.3. The number of benzene rings is 1. The highest BCUT2D eigenvalue weighted by Crippen LogP contribution is 2.18. The number of nitrogen functional groups attached to an aromatic ring is 1. The Balaban J connectivity index is 2.13. The van der Waals surface area contributed by atoms with Gasteiger partial charge in [-0.3, -0.25) is 0 Å². The maximum Gasteiger partial charge on any atom is 0.223 e. The molecule has 6 heteroatoms. The lowest BCUT2D eigenvalue weighted by Gasteiger charge is -2.07. The summed E-state index contributed by atoms with van der Waals surface area (Å²) in [5.74, 6) is 0.702. The van der Waals surface area contributed by atoms with Crippen LogP contribution in [-0.4, -0.2) is 17.1 Å². The highest BCUT2D eigenvalue weighted by atomic mass is 35.5. The van der Waals surface area contributed by atoms with Gasteiger partial charge in [-0.1, -0.05) is 23.7 Å². The van der Waals surface area contributed by atoms with Crippen LogP contribution in [0.4, 0.5) is 17.5 Å². The Labute approximate surface area is 110 Å². The lowest BCUT2D eigenvalue weighted by Crippen LogP contribution is -2.00. The van der Waals surface area contributed by atoms with E-state index in [-0.39, 0.29) is 5.95 Å². The molecule has 0 fully saturated rings. The van der Waals surface area contributed by atoms with Crippen LogP contribution < -0.4 is 11.1 Å². The van der Waals surface area contributed by atoms with E-state index in [4.69, 9.17) is 22.1 Å². The molecular weight excluding hydrogens is 252 g/mol. The van der Waals surface area contributed by atoms with Gasteiger partial charge in [-0.05, 0) is 17.7 Å². The van der Waals surface area contributed by atoms with Crippen LogP contribution in [0.25, 0.3) is 0 Å². The molecule has 0 spiro atoms. The zero-order valence-corrected chi connectivity index (χ0v) is 10.6. The largest absolute Gasteiger partial charge is 0.380 e. The van der Waals surface area contributed by atoms with Crippen molar-refractivity contribution in [3.05, 3.63) is 41.0 Å². The molecule has 0 saturated heterocycles. The first-order valence-corrected chi connectivity index (χ1v) is 5.70. The Bertz CT molecular complexity index is 510. The molecule has 0 aliphatic heterocycles. The minimum absolute atomic E-state index is 0.140. The molecule has 0 unspecified atom stereocenters. The Morgan fingerprint density at radius 2 is 2.00 bits per heavy atom. The second kappa shape index (κ2) is 5.66. The molecule has 0 amide bonds. The third-order valence-electron chi connectivity index (χ3n) is 2.25. The molecule has 0 atom stereocenters. The summed E-state index contributed by atoms with van der Waals surface area (Å²) >= 11 is 5.80. The molecule has 18 heavy (non-hydrogen) atoms. The van der Waals surface area contributed by atoms with E-state index in [0.29, 0.717) is 17.6 Å². The quantitative estimate of drug-likeness (QED) is 0.831. The molecular formula is C12H13ClN4O. The number of aromatic nitrogens is 2. The summed E-state index contributed by atoms with van der Waals surface area (Å²) in [6.45, 7) is 0.590. The SMILES string of the molecule is COCc1ccc(Nc2cc(Cl)nc(N)n2)cc1. The van der Waals surface area contributed by atoms with Gasteiger partial charge in [0.15, 0.2) is 0 Å². The molecule has 0 bridgehead atoms. The van der Waals surface area contributed by atoms with Crippen LogP contribution in [0, 0.1) is 0 Å². The molecule has 1 aromatic heterocycles. The summed E-state index contributed by atoms with van der Waals surface area (Å²) in [6, 6.07) is 9.41. The Kier molecular flexibility index (Phi) is 3.96. The molecule has 1 heterocycles. The number of anilines is 3. The second-order valence-corrected chi connectivity index (χ2v) is 4.08. The van der Waals surface area contributed by atoms with Gasteiger partial charge in [-0.25, -0.2) is 4.98 Å². The number of rotatable bonds is 4. The number of nitrogens with zero attached hydrogens (tertiary/aromatic N) is 2. The summed E-state index contributed by atoms with van der Waals surface area (Å²) in [5.41, 5.74) is 7.51. The summed E-state index contributed by atoms with van der Waals surface area (Å²) in [5, 5.41) is 3.40. The van der Waals surface area contributed by atoms with Crippen molar-refractivity contribution < 1.29 is 4.74 Å². The predicted octanol–water partition coefficient (Wildman–Crippen LogP) is 2.60. The minimum atomic E-state index is 0.140. The monoisotopic (exact) mass is 264 g/mol. The van der Waals surface area contributed by atoms with E-state index >= 15 is 0 Å². The first-order valence-electron chi connectivity index (χ1n) is 5.32. The van der Waals surface area contributed by atoms with Crippen molar-refractivity contribution >= 4 is 29.1 Å². The van der Waals surface area contributed by atoms with Crippen molar-refractivity contribution in [3.8, 4) is 0 Å². The number of nitrogens with one attached hydrogen (secondary N) is 1. The van der Waals surface area contributed by atoms with Crippen LogP contribution in [0.1, 0.15) is 5.56 Å². The number of hydrogen-bond acceptors (Lipinski definition) is 5. The smallest absolute Gasteiger partial charge is 0.223 e. The van der Waals surface area contributed by atoms with Gasteiger partial charge >= 0.3 is 0 Å². The summed E-state index contributed by atoms with van der Waals surface area (Å²) in [4.78, 5) is 7.82. The molecule has 0 aliphatic rings. The van der Waals surface area contributed by atoms with E-state index in [1.54, 1.807) is 13.2 Å². The van der Waals surface area contributed by atoms with Crippen molar-refractivity contribution in [1.82, 2.24) is 9.97 Å². The van der Waals surface area contributed by atoms with Crippen molar-refractivity contribution in [2.24, 2.45) is 0 Å². The number of nitrogens with two attached hydrogens (primary N) is 1. The van der Waals surface area contributed by atoms with Crippen LogP contribution in [0.15, 0.2) is 30.3 Å². The fraction of sp³-hybridized carbons (Fsp3) is 0.167. The van der Waals surface area contributed by atoms with Gasteiger partial charge in [0.25, 0.3) is 0 Å². The van der Waals surface area contributed by atoms with Crippen molar-refractivity contribution in [1.29, 1.82) is 0 Å². The first-order chi connectivity index (χ1) is 8.67. The van der Waals surface area contributed by atoms with E-state index in [1.165, 1.54) is 0 Å². The lowest BCUT2D eigenvalue weighted by atomic mass is 10.2.